The van der Waals surface area contributed by atoms with Crippen LogP contribution in [0.25, 0.3) is 10.9 Å². The van der Waals surface area contributed by atoms with E-state index in [-0.39, 0.29) is 17.6 Å². The molecule has 0 saturated carbocycles. The number of halogens is 1. The predicted octanol–water partition coefficient (Wildman–Crippen LogP) is 3.90. The first-order valence-corrected chi connectivity index (χ1v) is 12.2. The second kappa shape index (κ2) is 11.2. The van der Waals surface area contributed by atoms with Gasteiger partial charge in [-0.1, -0.05) is 35.5 Å². The fourth-order valence-electron chi connectivity index (χ4n) is 3.70. The highest BCUT2D eigenvalue weighted by Crippen LogP contribution is 2.25. The summed E-state index contributed by atoms with van der Waals surface area (Å²) in [5.41, 5.74) is 1.91. The molecule has 0 unspecified atom stereocenters. The molecule has 0 aliphatic carbocycles. The van der Waals surface area contributed by atoms with E-state index in [2.05, 4.69) is 5.32 Å². The molecule has 174 valence electrons. The van der Waals surface area contributed by atoms with Crippen LogP contribution in [0, 0.1) is 0 Å². The molecule has 9 heteroatoms. The second-order valence-corrected chi connectivity index (χ2v) is 9.22. The molecule has 1 saturated heterocycles. The molecule has 1 aromatic heterocycles. The molecule has 0 spiro atoms. The van der Waals surface area contributed by atoms with Crippen LogP contribution in [-0.4, -0.2) is 48.4 Å². The molecule has 4 rings (SSSR count). The molecule has 0 radical (unpaired) electrons. The van der Waals surface area contributed by atoms with Crippen molar-refractivity contribution in [2.24, 2.45) is 0 Å². The van der Waals surface area contributed by atoms with E-state index < -0.39 is 0 Å². The van der Waals surface area contributed by atoms with Crippen molar-refractivity contribution >= 4 is 40.2 Å². The van der Waals surface area contributed by atoms with Gasteiger partial charge in [-0.15, -0.1) is 0 Å². The predicted molar refractivity (Wildman–Crippen MR) is 130 cm³/mol. The van der Waals surface area contributed by atoms with Gasteiger partial charge in [0.25, 0.3) is 11.5 Å². The lowest BCUT2D eigenvalue weighted by Gasteiger charge is -2.17. The van der Waals surface area contributed by atoms with Gasteiger partial charge in [-0.2, -0.15) is 0 Å². The normalized spacial score (nSPS) is 15.8. The first-order valence-electron chi connectivity index (χ1n) is 10.9. The summed E-state index contributed by atoms with van der Waals surface area (Å²) >= 11 is 7.48. The van der Waals surface area contributed by atoms with Crippen LogP contribution >= 0.6 is 23.4 Å². The van der Waals surface area contributed by atoms with Crippen LogP contribution in [0.2, 0.25) is 5.02 Å². The highest BCUT2D eigenvalue weighted by atomic mass is 35.5. The minimum atomic E-state index is -0.227. The van der Waals surface area contributed by atoms with Gasteiger partial charge in [0.1, 0.15) is 0 Å². The van der Waals surface area contributed by atoms with E-state index in [1.54, 1.807) is 29.9 Å². The minimum absolute atomic E-state index is 0.00247. The number of ether oxygens (including phenoxy) is 2. The summed E-state index contributed by atoms with van der Waals surface area (Å²) in [5.74, 6) is 0.410. The van der Waals surface area contributed by atoms with Crippen molar-refractivity contribution in [2.75, 3.05) is 26.9 Å². The molecule has 1 N–H and O–H groups in total. The van der Waals surface area contributed by atoms with Crippen molar-refractivity contribution in [1.82, 2.24) is 14.9 Å². The molecular weight excluding hydrogens is 462 g/mol. The van der Waals surface area contributed by atoms with Crippen molar-refractivity contribution in [2.45, 2.75) is 36.4 Å². The van der Waals surface area contributed by atoms with Crippen molar-refractivity contribution in [1.29, 1.82) is 0 Å². The molecule has 33 heavy (non-hydrogen) atoms. The van der Waals surface area contributed by atoms with E-state index in [0.717, 1.165) is 25.0 Å². The SMILES string of the molecule is COCCNC(=O)c1ccc2c(=O)n(C[C@H]3CCCO3)c(SCc3ccc(Cl)cc3)nc2c1. The third-order valence-electron chi connectivity index (χ3n) is 5.47. The summed E-state index contributed by atoms with van der Waals surface area (Å²) in [6.45, 7) is 2.02. The van der Waals surface area contributed by atoms with Gasteiger partial charge in [-0.05, 0) is 48.7 Å². The first kappa shape index (κ1) is 23.8. The maximum absolute atomic E-state index is 13.4. The maximum atomic E-state index is 13.4. The van der Waals surface area contributed by atoms with E-state index in [4.69, 9.17) is 26.1 Å². The number of fused-ring (bicyclic) bond motifs is 1. The zero-order valence-electron chi connectivity index (χ0n) is 18.4. The van der Waals surface area contributed by atoms with Gasteiger partial charge in [0.15, 0.2) is 5.16 Å². The van der Waals surface area contributed by atoms with Crippen LogP contribution in [0.1, 0.15) is 28.8 Å². The monoisotopic (exact) mass is 487 g/mol. The van der Waals surface area contributed by atoms with E-state index in [0.29, 0.717) is 52.1 Å². The smallest absolute Gasteiger partial charge is 0.262 e. The average Bonchev–Trinajstić information content (AvgIpc) is 3.34. The van der Waals surface area contributed by atoms with E-state index >= 15 is 0 Å². The van der Waals surface area contributed by atoms with Crippen LogP contribution < -0.4 is 10.9 Å². The number of benzene rings is 2. The summed E-state index contributed by atoms with van der Waals surface area (Å²) < 4.78 is 12.5. The van der Waals surface area contributed by atoms with E-state index in [9.17, 15) is 9.59 Å². The molecule has 3 aromatic rings. The van der Waals surface area contributed by atoms with Gasteiger partial charge in [0, 0.05) is 36.6 Å². The number of aromatic nitrogens is 2. The Hall–Kier alpha value is -2.39. The first-order chi connectivity index (χ1) is 16.0. The number of hydrogen-bond donors (Lipinski definition) is 1. The fraction of sp³-hybridized carbons (Fsp3) is 0.375. The Bertz CT molecular complexity index is 1180. The Morgan fingerprint density at radius 3 is 2.85 bits per heavy atom. The topological polar surface area (TPSA) is 82.5 Å². The van der Waals surface area contributed by atoms with E-state index in [1.165, 1.54) is 11.8 Å². The lowest BCUT2D eigenvalue weighted by Crippen LogP contribution is -2.29. The van der Waals surface area contributed by atoms with Crippen LogP contribution in [0.4, 0.5) is 0 Å². The Labute approximate surface area is 201 Å². The molecule has 1 atom stereocenters. The lowest BCUT2D eigenvalue weighted by molar-refractivity contribution is 0.0935. The Kier molecular flexibility index (Phi) is 8.03. The minimum Gasteiger partial charge on any atom is -0.383 e. The van der Waals surface area contributed by atoms with Gasteiger partial charge >= 0.3 is 0 Å². The van der Waals surface area contributed by atoms with Crippen molar-refractivity contribution in [3.8, 4) is 0 Å². The number of nitrogens with one attached hydrogen (secondary N) is 1. The van der Waals surface area contributed by atoms with Gasteiger partial charge in [0.2, 0.25) is 0 Å². The molecule has 1 aliphatic heterocycles. The summed E-state index contributed by atoms with van der Waals surface area (Å²) in [6.07, 6.45) is 1.92. The summed E-state index contributed by atoms with van der Waals surface area (Å²) in [5, 5.41) is 4.57. The average molecular weight is 488 g/mol. The van der Waals surface area contributed by atoms with Crippen LogP contribution in [0.15, 0.2) is 52.4 Å². The van der Waals surface area contributed by atoms with Gasteiger partial charge < -0.3 is 14.8 Å². The molecule has 2 heterocycles. The summed E-state index contributed by atoms with van der Waals surface area (Å²) in [7, 11) is 1.58. The standard InChI is InChI=1S/C24H26ClN3O4S/c1-31-12-10-26-22(29)17-6-9-20-21(13-17)27-24(33-15-16-4-7-18(25)8-5-16)28(23(20)30)14-19-3-2-11-32-19/h4-9,13,19H,2-3,10-12,14-15H2,1H3,(H,26,29)/t19-/m1/s1. The Morgan fingerprint density at radius 1 is 1.30 bits per heavy atom. The number of nitrogens with zero attached hydrogens (tertiary/aromatic N) is 2. The third kappa shape index (κ3) is 5.95. The molecule has 1 fully saturated rings. The van der Waals surface area contributed by atoms with Crippen LogP contribution in [0.5, 0.6) is 0 Å². The van der Waals surface area contributed by atoms with Gasteiger partial charge in [-0.25, -0.2) is 4.98 Å². The van der Waals surface area contributed by atoms with Gasteiger partial charge in [-0.3, -0.25) is 14.2 Å². The number of rotatable bonds is 9. The van der Waals surface area contributed by atoms with Crippen molar-refractivity contribution in [3.63, 3.8) is 0 Å². The van der Waals surface area contributed by atoms with Crippen LogP contribution in [0.3, 0.4) is 0 Å². The molecule has 7 nitrogen and oxygen atoms in total. The number of amides is 1. The number of carbonyl (C=O) groups excluding carboxylic acids is 1. The molecule has 1 amide bonds. The third-order valence-corrected chi connectivity index (χ3v) is 6.77. The lowest BCUT2D eigenvalue weighted by atomic mass is 10.1. The van der Waals surface area contributed by atoms with Crippen molar-refractivity contribution in [3.05, 3.63) is 69.0 Å². The number of carbonyl (C=O) groups is 1. The maximum Gasteiger partial charge on any atom is 0.262 e. The molecule has 2 aromatic carbocycles. The van der Waals surface area contributed by atoms with E-state index in [1.807, 2.05) is 24.3 Å². The zero-order chi connectivity index (χ0) is 23.2. The largest absolute Gasteiger partial charge is 0.383 e. The number of thioether (sulfide) groups is 1. The Balaban J connectivity index is 1.66. The highest BCUT2D eigenvalue weighted by molar-refractivity contribution is 7.98. The number of methoxy groups -OCH3 is 1. The summed E-state index contributed by atoms with van der Waals surface area (Å²) in [6, 6.07) is 12.6. The molecule has 1 aliphatic rings. The Morgan fingerprint density at radius 2 is 2.12 bits per heavy atom. The molecule has 0 bridgehead atoms. The van der Waals surface area contributed by atoms with Crippen LogP contribution in [-0.2, 0) is 21.8 Å². The van der Waals surface area contributed by atoms with Gasteiger partial charge in [0.05, 0.1) is 30.2 Å². The second-order valence-electron chi connectivity index (χ2n) is 7.84. The highest BCUT2D eigenvalue weighted by Gasteiger charge is 2.21. The summed E-state index contributed by atoms with van der Waals surface area (Å²) in [4.78, 5) is 30.7. The van der Waals surface area contributed by atoms with Crippen molar-refractivity contribution < 1.29 is 14.3 Å². The quantitative estimate of drug-likeness (QED) is 0.280. The zero-order valence-corrected chi connectivity index (χ0v) is 20.0. The molecular formula is C24H26ClN3O4S. The number of hydrogen-bond acceptors (Lipinski definition) is 6. The fourth-order valence-corrected chi connectivity index (χ4v) is 4.79.